The molecule has 0 saturated heterocycles. The van der Waals surface area contributed by atoms with Gasteiger partial charge in [-0.1, -0.05) is 27.7 Å². The Hall–Kier alpha value is -11.6. The zero-order valence-electron chi connectivity index (χ0n) is 58.4. The van der Waals surface area contributed by atoms with Crippen molar-refractivity contribution in [3.63, 3.8) is 0 Å². The monoisotopic (exact) mass is 1440 g/mol. The van der Waals surface area contributed by atoms with Crippen LogP contribution in [0.2, 0.25) is 0 Å². The average molecular weight is 1440 g/mol. The Morgan fingerprint density at radius 3 is 0.500 bits per heavy atom. The van der Waals surface area contributed by atoms with Gasteiger partial charge in [-0.2, -0.15) is 0 Å². The minimum absolute atomic E-state index is 0. The topological polar surface area (TPSA) is 487 Å². The molecule has 17 rings (SSSR count). The maximum atomic E-state index is 14.2. The summed E-state index contributed by atoms with van der Waals surface area (Å²) in [6, 6.07) is 4.63. The first kappa shape index (κ1) is 74.7. The number of carboxylic acid groups (broad SMARTS) is 4. The van der Waals surface area contributed by atoms with Crippen LogP contribution in [-0.4, -0.2) is 155 Å². The SMILES string of the molecule is CC1c2cc3c4cc2Oc2nc5c(nc2Oc2cc6c(cc21)C(C)c1cc2c(cc1Oc1nc7c(nc1O6)C(=O)N([C@@H](C)C(=O)[O-])C7=O)Oc1nc6c(nc1Oc1cc(c(cc1C2C)C3C)Oc1nc2c(nc1O4)C(=O)N([C@@H](C)C(=O)[O-])C2=O)C(=O)N([C@@H](C)C(=O)[O-])C6=O)C(=O)N([C@@H](C)C(=O)[O-])C5=O.[Li+].[Li+].[Li+].[Li+]. The Bertz CT molecular complexity index is 4680. The van der Waals surface area contributed by atoms with E-state index >= 15 is 0 Å². The summed E-state index contributed by atoms with van der Waals surface area (Å²) in [5, 5.41) is 49.1. The summed E-state index contributed by atoms with van der Waals surface area (Å²) < 4.78 is 53.9. The number of benzene rings is 4. The molecule has 0 saturated carbocycles. The van der Waals surface area contributed by atoms with E-state index in [1.54, 1.807) is 52.0 Å². The van der Waals surface area contributed by atoms with Crippen LogP contribution in [0.3, 0.4) is 0 Å². The molecule has 40 heteroatoms. The van der Waals surface area contributed by atoms with Crippen LogP contribution < -0.4 is 134 Å². The number of aliphatic carboxylic acids is 4. The first-order chi connectivity index (χ1) is 49.5. The van der Waals surface area contributed by atoms with E-state index in [4.69, 9.17) is 37.9 Å². The van der Waals surface area contributed by atoms with E-state index in [-0.39, 0.29) is 166 Å². The molecule has 8 aromatic rings. The summed E-state index contributed by atoms with van der Waals surface area (Å²) >= 11 is 0. The summed E-state index contributed by atoms with van der Waals surface area (Å²) in [5.74, 6) is -27.2. The molecule has 8 bridgehead atoms. The normalized spacial score (nSPS) is 18.9. The largest absolute Gasteiger partial charge is 1.00 e. The van der Waals surface area contributed by atoms with E-state index < -0.39 is 212 Å². The Balaban J connectivity index is 0.00000257. The van der Waals surface area contributed by atoms with Crippen LogP contribution in [0.15, 0.2) is 48.5 Å². The second-order valence-electron chi connectivity index (χ2n) is 25.4. The molecular formula is C68H40Li4N12O24. The van der Waals surface area contributed by atoms with Gasteiger partial charge in [0.05, 0.1) is 48.0 Å². The van der Waals surface area contributed by atoms with Crippen molar-refractivity contribution in [1.29, 1.82) is 0 Å². The number of aromatic nitrogens is 8. The molecule has 0 unspecified atom stereocenters. The Morgan fingerprint density at radius 1 is 0.269 bits per heavy atom. The third-order valence-electron chi connectivity index (χ3n) is 19.6. The molecule has 12 heterocycles. The summed E-state index contributed by atoms with van der Waals surface area (Å²) in [6.45, 7) is 11.0. The first-order valence-corrected chi connectivity index (χ1v) is 31.6. The molecule has 4 aromatic heterocycles. The number of carboxylic acids is 4. The smallest absolute Gasteiger partial charge is 0.548 e. The van der Waals surface area contributed by atoms with Crippen molar-refractivity contribution in [1.82, 2.24) is 59.5 Å². The molecule has 0 radical (unpaired) electrons. The van der Waals surface area contributed by atoms with Crippen molar-refractivity contribution in [2.75, 3.05) is 0 Å². The van der Waals surface area contributed by atoms with Gasteiger partial charge in [-0.25, -0.2) is 39.9 Å². The van der Waals surface area contributed by atoms with Crippen LogP contribution in [0.25, 0.3) is 0 Å². The van der Waals surface area contributed by atoms with Gasteiger partial charge in [-0.3, -0.25) is 58.0 Å². The first-order valence-electron chi connectivity index (χ1n) is 31.6. The van der Waals surface area contributed by atoms with E-state index in [0.29, 0.717) is 19.6 Å². The number of amides is 8. The predicted molar refractivity (Wildman–Crippen MR) is 324 cm³/mol. The average Bonchev–Trinajstić information content (AvgIpc) is 1.53. The fourth-order valence-electron chi connectivity index (χ4n) is 13.8. The second-order valence-corrected chi connectivity index (χ2v) is 25.4. The zero-order valence-corrected chi connectivity index (χ0v) is 58.4. The number of carbonyl (C=O) groups excluding carboxylic acids is 12. The zero-order chi connectivity index (χ0) is 73.3. The van der Waals surface area contributed by atoms with Crippen LogP contribution in [0.5, 0.6) is 93.0 Å². The molecule has 0 fully saturated rings. The van der Waals surface area contributed by atoms with Crippen LogP contribution in [-0.2, 0) is 19.2 Å². The molecule has 36 nitrogen and oxygen atoms in total. The number of rotatable bonds is 8. The Kier molecular flexibility index (Phi) is 18.1. The van der Waals surface area contributed by atoms with Crippen molar-refractivity contribution >= 4 is 71.1 Å². The van der Waals surface area contributed by atoms with E-state index in [1.165, 1.54) is 24.3 Å². The van der Waals surface area contributed by atoms with Gasteiger partial charge < -0.3 is 77.5 Å². The number of nitrogens with zero attached hydrogens (tertiary/aromatic N) is 12. The number of carbonyl (C=O) groups is 12. The fourth-order valence-corrected chi connectivity index (χ4v) is 13.8. The number of ether oxygens (including phenoxy) is 8. The second kappa shape index (κ2) is 26.1. The van der Waals surface area contributed by atoms with Gasteiger partial charge in [-0.15, -0.1) is 0 Å². The maximum Gasteiger partial charge on any atom is 1.00 e. The van der Waals surface area contributed by atoms with Crippen molar-refractivity contribution in [3.8, 4) is 93.0 Å². The Labute approximate surface area is 652 Å². The molecule has 8 aliphatic heterocycles. The molecule has 4 atom stereocenters. The third kappa shape index (κ3) is 10.8. The Morgan fingerprint density at radius 2 is 0.389 bits per heavy atom. The van der Waals surface area contributed by atoms with Crippen molar-refractivity contribution in [3.05, 3.63) is 139 Å². The molecule has 0 N–H and O–H groups in total. The standard InChI is InChI=1S/C68H44N12O24.4Li/c1-17-25-9-27-18(2)29-11-31-20(4)32-12-30-19(3)28-10-26(17)34-14-36(28)100-52-54(74-46-44(72-52)60(84)79(62(46)86)23(7)67(93)94)102-38(30)16-40(32)104-56-55(75-47-48(76-56)64(88)80(63(47)87)24(8)68(95)96)103-39(31)15-37(29)101-53-51(71-43-45(73-53)61(85)78(59(43)83)22(6)66(91)92)99-35(27)13-33(25)97-49-50(98-34)70-42-41(69-49)57(81)77(58(42)82)21(5)65(89)90;;;;/h9-24H,1-8H3,(H,89,90)(H,91,92)(H,93,94)(H,95,96);;;;/q;4*+1/p-4/t17?,18?,19?,20?,21-,22-,23-,24-;;;;/m0..../s1. The minimum Gasteiger partial charge on any atom is -0.548 e. The van der Waals surface area contributed by atoms with Crippen LogP contribution in [0, 0.1) is 0 Å². The summed E-state index contributed by atoms with van der Waals surface area (Å²) in [4.78, 5) is 200. The van der Waals surface area contributed by atoms with Crippen LogP contribution in [0.1, 0.15) is 207 Å². The van der Waals surface area contributed by atoms with Gasteiger partial charge in [0.25, 0.3) is 94.3 Å². The number of hydrogen-bond acceptors (Lipinski definition) is 32. The molecule has 108 heavy (non-hydrogen) atoms. The molecule has 9 aliphatic rings. The minimum atomic E-state index is -1.86. The molecule has 1 aliphatic carbocycles. The maximum absolute atomic E-state index is 14.2. The molecule has 0 spiro atoms. The van der Waals surface area contributed by atoms with Gasteiger partial charge in [0.2, 0.25) is 0 Å². The molecule has 4 aromatic carbocycles. The van der Waals surface area contributed by atoms with E-state index in [0.717, 1.165) is 27.7 Å². The van der Waals surface area contributed by atoms with Crippen molar-refractivity contribution < 1.29 is 191 Å². The van der Waals surface area contributed by atoms with Crippen LogP contribution >= 0.6 is 0 Å². The van der Waals surface area contributed by atoms with Gasteiger partial charge in [0.1, 0.15) is 46.0 Å². The molecule has 520 valence electrons. The van der Waals surface area contributed by atoms with Gasteiger partial charge >= 0.3 is 75.4 Å². The number of fused-ring (bicyclic) bond motifs is 8. The molecule has 8 amide bonds. The van der Waals surface area contributed by atoms with Crippen molar-refractivity contribution in [2.24, 2.45) is 0 Å². The van der Waals surface area contributed by atoms with Gasteiger partial charge in [0, 0.05) is 92.4 Å². The van der Waals surface area contributed by atoms with Crippen LogP contribution in [0.4, 0.5) is 0 Å². The number of imide groups is 4. The van der Waals surface area contributed by atoms with Crippen molar-refractivity contribution in [2.45, 2.75) is 103 Å². The predicted octanol–water partition coefficient (Wildman–Crippen LogP) is -9.69. The van der Waals surface area contributed by atoms with E-state index in [9.17, 15) is 78.0 Å². The summed E-state index contributed by atoms with van der Waals surface area (Å²) in [5.41, 5.74) is -3.40. The number of hydrogen-bond donors (Lipinski definition) is 0. The summed E-state index contributed by atoms with van der Waals surface area (Å²) in [6.07, 6.45) is 0. The third-order valence-corrected chi connectivity index (χ3v) is 19.6. The quantitative estimate of drug-likeness (QED) is 0.101. The molecular weight excluding hydrogens is 1400 g/mol. The summed E-state index contributed by atoms with van der Waals surface area (Å²) in [7, 11) is 0. The fraction of sp³-hybridized carbons (Fsp3) is 0.235. The van der Waals surface area contributed by atoms with E-state index in [1.807, 2.05) is 0 Å². The van der Waals surface area contributed by atoms with E-state index in [2.05, 4.69) is 39.9 Å². The van der Waals surface area contributed by atoms with Gasteiger partial charge in [0.15, 0.2) is 45.6 Å². The van der Waals surface area contributed by atoms with Gasteiger partial charge in [-0.05, 0) is 52.0 Å².